The van der Waals surface area contributed by atoms with Gasteiger partial charge in [0.05, 0.1) is 5.69 Å². The van der Waals surface area contributed by atoms with Gasteiger partial charge in [0.2, 0.25) is 0 Å². The van der Waals surface area contributed by atoms with Crippen molar-refractivity contribution in [2.24, 2.45) is 0 Å². The minimum absolute atomic E-state index is 0.231. The molecule has 0 unspecified atom stereocenters. The number of hydrogen-bond acceptors (Lipinski definition) is 2. The maximum Gasteiger partial charge on any atom is 0.331 e. The minimum atomic E-state index is -0.231. The first-order valence-corrected chi connectivity index (χ1v) is 4.75. The van der Waals surface area contributed by atoms with Crippen LogP contribution in [0.5, 0.6) is 0 Å². The molecule has 4 heteroatoms. The molecule has 0 saturated heterocycles. The Morgan fingerprint density at radius 1 is 1.36 bits per heavy atom. The van der Waals surface area contributed by atoms with Crippen LogP contribution in [-0.2, 0) is 0 Å². The Morgan fingerprint density at radius 3 is 2.29 bits per heavy atom. The first-order chi connectivity index (χ1) is 6.57. The molecule has 0 aromatic heterocycles. The predicted octanol–water partition coefficient (Wildman–Crippen LogP) is 2.29. The van der Waals surface area contributed by atoms with Gasteiger partial charge in [-0.2, -0.15) is 0 Å². The molecule has 0 spiro atoms. The summed E-state index contributed by atoms with van der Waals surface area (Å²) in [7, 11) is 1.58. The second kappa shape index (κ2) is 4.37. The van der Waals surface area contributed by atoms with E-state index in [1.807, 2.05) is 32.0 Å². The average molecular weight is 210 g/mol. The summed E-state index contributed by atoms with van der Waals surface area (Å²) in [6.45, 7) is 3.91. The van der Waals surface area contributed by atoms with E-state index in [1.165, 1.54) is 4.31 Å². The van der Waals surface area contributed by atoms with Crippen molar-refractivity contribution < 1.29 is 4.79 Å². The van der Waals surface area contributed by atoms with Crippen molar-refractivity contribution >= 4 is 24.5 Å². The molecule has 3 nitrogen and oxygen atoms in total. The maximum atomic E-state index is 11.4. The van der Waals surface area contributed by atoms with Crippen LogP contribution >= 0.6 is 12.8 Å². The fraction of sp³-hybridized carbons (Fsp3) is 0.300. The molecule has 0 aliphatic rings. The standard InChI is InChI=1S/C10H14N2OS/c1-7-5-4-6-8(2)9(7)12(14)10(13)11-3/h4-6,14H,1-3H3,(H,11,13). The number of carbonyl (C=O) groups is 1. The molecule has 0 saturated carbocycles. The van der Waals surface area contributed by atoms with Crippen molar-refractivity contribution in [2.45, 2.75) is 13.8 Å². The van der Waals surface area contributed by atoms with Crippen molar-refractivity contribution in [1.82, 2.24) is 5.32 Å². The molecule has 0 atom stereocenters. The third kappa shape index (κ3) is 2.01. The average Bonchev–Trinajstić information content (AvgIpc) is 2.16. The Morgan fingerprint density at radius 2 is 1.86 bits per heavy atom. The molecule has 1 N–H and O–H groups in total. The van der Waals surface area contributed by atoms with E-state index in [9.17, 15) is 4.79 Å². The summed E-state index contributed by atoms with van der Waals surface area (Å²) in [6.07, 6.45) is 0. The van der Waals surface area contributed by atoms with Crippen molar-refractivity contribution in [3.63, 3.8) is 0 Å². The van der Waals surface area contributed by atoms with Gasteiger partial charge in [-0.3, -0.25) is 0 Å². The number of aryl methyl sites for hydroxylation is 2. The summed E-state index contributed by atoms with van der Waals surface area (Å²) in [5, 5.41) is 2.53. The Bertz CT molecular complexity index is 332. The van der Waals surface area contributed by atoms with E-state index in [1.54, 1.807) is 7.05 Å². The van der Waals surface area contributed by atoms with E-state index < -0.39 is 0 Å². The number of urea groups is 1. The highest BCUT2D eigenvalue weighted by molar-refractivity contribution is 7.82. The molecule has 1 rings (SSSR count). The molecule has 0 aliphatic heterocycles. The van der Waals surface area contributed by atoms with Crippen LogP contribution in [0.1, 0.15) is 11.1 Å². The van der Waals surface area contributed by atoms with Crippen LogP contribution in [0.25, 0.3) is 0 Å². The highest BCUT2D eigenvalue weighted by atomic mass is 32.1. The van der Waals surface area contributed by atoms with Gasteiger partial charge in [0.15, 0.2) is 0 Å². The topological polar surface area (TPSA) is 32.3 Å². The molecule has 0 fully saturated rings. The second-order valence-corrected chi connectivity index (χ2v) is 3.51. The van der Waals surface area contributed by atoms with E-state index in [2.05, 4.69) is 18.1 Å². The highest BCUT2D eigenvalue weighted by Gasteiger charge is 2.14. The summed E-state index contributed by atoms with van der Waals surface area (Å²) in [4.78, 5) is 11.4. The first-order valence-electron chi connectivity index (χ1n) is 4.35. The van der Waals surface area contributed by atoms with E-state index in [0.717, 1.165) is 16.8 Å². The molecule has 14 heavy (non-hydrogen) atoms. The number of nitrogens with zero attached hydrogens (tertiary/aromatic N) is 1. The number of carbonyl (C=O) groups excluding carboxylic acids is 1. The van der Waals surface area contributed by atoms with Gasteiger partial charge in [-0.05, 0) is 25.0 Å². The summed E-state index contributed by atoms with van der Waals surface area (Å²) >= 11 is 4.16. The van der Waals surface area contributed by atoms with Gasteiger partial charge >= 0.3 is 6.03 Å². The van der Waals surface area contributed by atoms with Gasteiger partial charge in [-0.1, -0.05) is 31.0 Å². The monoisotopic (exact) mass is 210 g/mol. The Hall–Kier alpha value is -1.16. The van der Waals surface area contributed by atoms with Gasteiger partial charge in [-0.15, -0.1) is 0 Å². The van der Waals surface area contributed by atoms with E-state index in [-0.39, 0.29) is 6.03 Å². The largest absolute Gasteiger partial charge is 0.340 e. The first kappa shape index (κ1) is 10.9. The lowest BCUT2D eigenvalue weighted by molar-refractivity contribution is 0.252. The van der Waals surface area contributed by atoms with Gasteiger partial charge in [0.1, 0.15) is 0 Å². The molecule has 0 radical (unpaired) electrons. The van der Waals surface area contributed by atoms with Crippen LogP contribution < -0.4 is 9.62 Å². The van der Waals surface area contributed by atoms with Gasteiger partial charge in [-0.25, -0.2) is 9.10 Å². The zero-order chi connectivity index (χ0) is 10.7. The van der Waals surface area contributed by atoms with Crippen LogP contribution in [0.4, 0.5) is 10.5 Å². The Labute approximate surface area is 89.7 Å². The summed E-state index contributed by atoms with van der Waals surface area (Å²) in [6, 6.07) is 5.63. The van der Waals surface area contributed by atoms with Crippen LogP contribution in [0.15, 0.2) is 18.2 Å². The normalized spacial score (nSPS) is 9.71. The molecule has 1 aromatic carbocycles. The quantitative estimate of drug-likeness (QED) is 0.685. The number of benzene rings is 1. The lowest BCUT2D eigenvalue weighted by Crippen LogP contribution is -2.31. The third-order valence-electron chi connectivity index (χ3n) is 2.06. The summed E-state index contributed by atoms with van der Waals surface area (Å²) < 4.78 is 1.32. The predicted molar refractivity (Wildman–Crippen MR) is 61.8 cm³/mol. The molecule has 0 bridgehead atoms. The van der Waals surface area contributed by atoms with E-state index in [0.29, 0.717) is 0 Å². The highest BCUT2D eigenvalue weighted by Crippen LogP contribution is 2.25. The van der Waals surface area contributed by atoms with Gasteiger partial charge in [0, 0.05) is 7.05 Å². The van der Waals surface area contributed by atoms with Crippen molar-refractivity contribution in [3.8, 4) is 0 Å². The van der Waals surface area contributed by atoms with Crippen molar-refractivity contribution in [1.29, 1.82) is 0 Å². The van der Waals surface area contributed by atoms with Gasteiger partial charge < -0.3 is 5.32 Å². The maximum absolute atomic E-state index is 11.4. The fourth-order valence-electron chi connectivity index (χ4n) is 1.35. The zero-order valence-electron chi connectivity index (χ0n) is 8.53. The molecule has 76 valence electrons. The number of anilines is 1. The Kier molecular flexibility index (Phi) is 3.41. The fourth-order valence-corrected chi connectivity index (χ4v) is 1.76. The third-order valence-corrected chi connectivity index (χ3v) is 2.44. The smallest absolute Gasteiger partial charge is 0.331 e. The number of nitrogens with one attached hydrogen (secondary N) is 1. The molecule has 2 amide bonds. The lowest BCUT2D eigenvalue weighted by Gasteiger charge is -2.19. The summed E-state index contributed by atoms with van der Waals surface area (Å²) in [5.74, 6) is 0. The number of hydrogen-bond donors (Lipinski definition) is 2. The molecule has 0 aliphatic carbocycles. The van der Waals surface area contributed by atoms with Crippen molar-refractivity contribution in [3.05, 3.63) is 29.3 Å². The van der Waals surface area contributed by atoms with Gasteiger partial charge in [0.25, 0.3) is 0 Å². The van der Waals surface area contributed by atoms with Crippen molar-refractivity contribution in [2.75, 3.05) is 11.4 Å². The lowest BCUT2D eigenvalue weighted by atomic mass is 10.1. The van der Waals surface area contributed by atoms with Crippen LogP contribution in [-0.4, -0.2) is 13.1 Å². The number of para-hydroxylation sites is 1. The molecular weight excluding hydrogens is 196 g/mol. The second-order valence-electron chi connectivity index (χ2n) is 3.11. The van der Waals surface area contributed by atoms with E-state index >= 15 is 0 Å². The van der Waals surface area contributed by atoms with Crippen LogP contribution in [0.2, 0.25) is 0 Å². The molecule has 0 heterocycles. The molecular formula is C10H14N2OS. The minimum Gasteiger partial charge on any atom is -0.340 e. The zero-order valence-corrected chi connectivity index (χ0v) is 9.43. The van der Waals surface area contributed by atoms with Crippen LogP contribution in [0, 0.1) is 13.8 Å². The van der Waals surface area contributed by atoms with Crippen LogP contribution in [0.3, 0.4) is 0 Å². The Balaban J connectivity index is 3.11. The molecule has 1 aromatic rings. The SMILES string of the molecule is CNC(=O)N(S)c1c(C)cccc1C. The number of rotatable bonds is 1. The number of amides is 2. The summed E-state index contributed by atoms with van der Waals surface area (Å²) in [5.41, 5.74) is 2.90. The van der Waals surface area contributed by atoms with E-state index in [4.69, 9.17) is 0 Å². The number of thiol groups is 1.